The zero-order chi connectivity index (χ0) is 10.6. The third-order valence-electron chi connectivity index (χ3n) is 1.90. The maximum atomic E-state index is 10.8. The molecule has 0 aliphatic carbocycles. The Labute approximate surface area is 86.6 Å². The molecule has 0 aliphatic heterocycles. The Kier molecular flexibility index (Phi) is 4.00. The lowest BCUT2D eigenvalue weighted by Crippen LogP contribution is -2.12. The summed E-state index contributed by atoms with van der Waals surface area (Å²) >= 11 is 0. The van der Waals surface area contributed by atoms with Gasteiger partial charge < -0.3 is 5.32 Å². The average Bonchev–Trinajstić information content (AvgIpc) is 2.10. The molecular weight excluding hydrogens is 198 g/mol. The lowest BCUT2D eigenvalue weighted by Gasteiger charge is -2.05. The Morgan fingerprint density at radius 3 is 2.79 bits per heavy atom. The molecule has 0 saturated carbocycles. The Morgan fingerprint density at radius 2 is 2.21 bits per heavy atom. The minimum absolute atomic E-state index is 0.610. The molecule has 0 fully saturated rings. The van der Waals surface area contributed by atoms with E-state index in [0.29, 0.717) is 18.2 Å². The molecule has 1 aromatic heterocycles. The monoisotopic (exact) mass is 213 g/mol. The van der Waals surface area contributed by atoms with Crippen molar-refractivity contribution in [3.8, 4) is 0 Å². The molecule has 0 bridgehead atoms. The van der Waals surface area contributed by atoms with Crippen LogP contribution in [0.15, 0.2) is 6.20 Å². The van der Waals surface area contributed by atoms with Crippen LogP contribution < -0.4 is 5.32 Å². The molecular formula is C9H15N3OS. The normalized spacial score (nSPS) is 12.5. The number of nitrogens with one attached hydrogen (secondary N) is 1. The van der Waals surface area contributed by atoms with Gasteiger partial charge in [-0.05, 0) is 19.4 Å². The first-order valence-electron chi connectivity index (χ1n) is 4.43. The van der Waals surface area contributed by atoms with Crippen molar-refractivity contribution in [3.63, 3.8) is 0 Å². The summed E-state index contributed by atoms with van der Waals surface area (Å²) in [6.45, 7) is 4.56. The fourth-order valence-corrected chi connectivity index (χ4v) is 1.31. The second-order valence-corrected chi connectivity index (χ2v) is 4.72. The van der Waals surface area contributed by atoms with E-state index in [1.807, 2.05) is 13.8 Å². The molecule has 0 aliphatic rings. The fraction of sp³-hybridized carbons (Fsp3) is 0.556. The van der Waals surface area contributed by atoms with Crippen LogP contribution in [0.5, 0.6) is 0 Å². The van der Waals surface area contributed by atoms with Crippen molar-refractivity contribution in [1.82, 2.24) is 9.97 Å². The predicted octanol–water partition coefficient (Wildman–Crippen LogP) is 0.884. The number of nitrogens with zero attached hydrogens (tertiary/aromatic N) is 2. The first kappa shape index (κ1) is 11.1. The van der Waals surface area contributed by atoms with Crippen LogP contribution in [0.4, 0.5) is 5.95 Å². The molecule has 1 aromatic rings. The maximum absolute atomic E-state index is 10.8. The van der Waals surface area contributed by atoms with Crippen LogP contribution in [0.3, 0.4) is 0 Å². The third kappa shape index (κ3) is 3.41. The third-order valence-corrected chi connectivity index (χ3v) is 2.68. The second kappa shape index (κ2) is 5.05. The first-order chi connectivity index (χ1) is 6.59. The number of aryl methyl sites for hydroxylation is 2. The molecule has 1 rings (SSSR count). The number of hydrogen-bond acceptors (Lipinski definition) is 4. The van der Waals surface area contributed by atoms with Crippen molar-refractivity contribution < 1.29 is 4.21 Å². The van der Waals surface area contributed by atoms with Crippen LogP contribution >= 0.6 is 0 Å². The topological polar surface area (TPSA) is 54.9 Å². The zero-order valence-corrected chi connectivity index (χ0v) is 9.52. The van der Waals surface area contributed by atoms with Gasteiger partial charge in [0.25, 0.3) is 0 Å². The van der Waals surface area contributed by atoms with E-state index in [1.54, 1.807) is 12.5 Å². The van der Waals surface area contributed by atoms with Crippen molar-refractivity contribution >= 4 is 16.7 Å². The summed E-state index contributed by atoms with van der Waals surface area (Å²) in [6.07, 6.45) is 3.47. The van der Waals surface area contributed by atoms with E-state index in [0.717, 1.165) is 11.3 Å². The van der Waals surface area contributed by atoms with Gasteiger partial charge in [-0.25, -0.2) is 9.97 Å². The minimum atomic E-state index is -0.767. The summed E-state index contributed by atoms with van der Waals surface area (Å²) in [5.41, 5.74) is 2.05. The Morgan fingerprint density at radius 1 is 1.50 bits per heavy atom. The molecule has 1 heterocycles. The van der Waals surface area contributed by atoms with Gasteiger partial charge in [-0.2, -0.15) is 0 Å². The van der Waals surface area contributed by atoms with Crippen LogP contribution in [0.25, 0.3) is 0 Å². The number of hydrogen-bond donors (Lipinski definition) is 1. The molecule has 0 saturated heterocycles. The Bertz CT molecular complexity index is 341. The smallest absolute Gasteiger partial charge is 0.222 e. The summed E-state index contributed by atoms with van der Waals surface area (Å²) in [5.74, 6) is 1.23. The molecule has 1 N–H and O–H groups in total. The van der Waals surface area contributed by atoms with Gasteiger partial charge in [0.15, 0.2) is 0 Å². The zero-order valence-electron chi connectivity index (χ0n) is 8.70. The summed E-state index contributed by atoms with van der Waals surface area (Å²) < 4.78 is 10.8. The highest BCUT2D eigenvalue weighted by atomic mass is 32.2. The fourth-order valence-electron chi connectivity index (χ4n) is 0.919. The molecule has 1 atom stereocenters. The van der Waals surface area contributed by atoms with Crippen LogP contribution in [0.2, 0.25) is 0 Å². The van der Waals surface area contributed by atoms with Crippen molar-refractivity contribution in [2.24, 2.45) is 0 Å². The van der Waals surface area contributed by atoms with Gasteiger partial charge in [0.1, 0.15) is 0 Å². The highest BCUT2D eigenvalue weighted by molar-refractivity contribution is 7.84. The van der Waals surface area contributed by atoms with Gasteiger partial charge >= 0.3 is 0 Å². The van der Waals surface area contributed by atoms with E-state index in [1.165, 1.54) is 0 Å². The van der Waals surface area contributed by atoms with E-state index in [-0.39, 0.29) is 0 Å². The lowest BCUT2D eigenvalue weighted by atomic mass is 10.3. The van der Waals surface area contributed by atoms with Crippen LogP contribution in [-0.2, 0) is 10.8 Å². The maximum Gasteiger partial charge on any atom is 0.222 e. The first-order valence-corrected chi connectivity index (χ1v) is 6.16. The van der Waals surface area contributed by atoms with Crippen molar-refractivity contribution in [3.05, 3.63) is 17.5 Å². The Hall–Kier alpha value is -0.970. The number of rotatable bonds is 4. The summed E-state index contributed by atoms with van der Waals surface area (Å²) in [7, 11) is -0.767. The molecule has 78 valence electrons. The summed E-state index contributed by atoms with van der Waals surface area (Å²) in [5, 5.41) is 3.03. The van der Waals surface area contributed by atoms with Crippen molar-refractivity contribution in [1.29, 1.82) is 0 Å². The van der Waals surface area contributed by atoms with Crippen LogP contribution in [-0.4, -0.2) is 32.7 Å². The predicted molar refractivity (Wildman–Crippen MR) is 58.9 cm³/mol. The van der Waals surface area contributed by atoms with Gasteiger partial charge in [0.2, 0.25) is 5.95 Å². The largest absolute Gasteiger partial charge is 0.353 e. The van der Waals surface area contributed by atoms with Gasteiger partial charge in [-0.3, -0.25) is 4.21 Å². The van der Waals surface area contributed by atoms with E-state index in [2.05, 4.69) is 15.3 Å². The van der Waals surface area contributed by atoms with E-state index >= 15 is 0 Å². The van der Waals surface area contributed by atoms with Crippen LogP contribution in [0.1, 0.15) is 11.3 Å². The standard InChI is InChI=1S/C9H15N3OS/c1-7-6-11-9(12-8(7)2)10-4-5-14(3)13/h6H,4-5H2,1-3H3,(H,10,11,12). The SMILES string of the molecule is Cc1cnc(NCCS(C)=O)nc1C. The quantitative estimate of drug-likeness (QED) is 0.807. The lowest BCUT2D eigenvalue weighted by molar-refractivity contribution is 0.687. The van der Waals surface area contributed by atoms with Crippen molar-refractivity contribution in [2.75, 3.05) is 23.9 Å². The van der Waals surface area contributed by atoms with E-state index < -0.39 is 10.8 Å². The van der Waals surface area contributed by atoms with Gasteiger partial charge in [-0.15, -0.1) is 0 Å². The minimum Gasteiger partial charge on any atom is -0.353 e. The molecule has 0 amide bonds. The number of anilines is 1. The molecule has 0 aromatic carbocycles. The molecule has 0 radical (unpaired) electrons. The van der Waals surface area contributed by atoms with Crippen LogP contribution in [0, 0.1) is 13.8 Å². The second-order valence-electron chi connectivity index (χ2n) is 3.17. The van der Waals surface area contributed by atoms with E-state index in [4.69, 9.17) is 0 Å². The molecule has 14 heavy (non-hydrogen) atoms. The molecule has 5 heteroatoms. The average molecular weight is 213 g/mol. The van der Waals surface area contributed by atoms with Gasteiger partial charge in [-0.1, -0.05) is 0 Å². The van der Waals surface area contributed by atoms with Gasteiger partial charge in [0.05, 0.1) is 0 Å². The Balaban J connectivity index is 2.51. The summed E-state index contributed by atoms with van der Waals surface area (Å²) in [6, 6.07) is 0. The highest BCUT2D eigenvalue weighted by Gasteiger charge is 1.98. The van der Waals surface area contributed by atoms with Crippen molar-refractivity contribution in [2.45, 2.75) is 13.8 Å². The molecule has 4 nitrogen and oxygen atoms in total. The van der Waals surface area contributed by atoms with E-state index in [9.17, 15) is 4.21 Å². The highest BCUT2D eigenvalue weighted by Crippen LogP contribution is 2.04. The van der Waals surface area contributed by atoms with Gasteiger partial charge in [0, 0.05) is 41.2 Å². The molecule has 0 spiro atoms. The number of aromatic nitrogens is 2. The summed E-state index contributed by atoms with van der Waals surface area (Å²) in [4.78, 5) is 8.36. The molecule has 1 unspecified atom stereocenters.